The molecule has 0 amide bonds. The Labute approximate surface area is 74.9 Å². The molecule has 0 saturated heterocycles. The van der Waals surface area contributed by atoms with E-state index in [0.717, 1.165) is 12.8 Å². The fourth-order valence-electron chi connectivity index (χ4n) is 0.520. The van der Waals surface area contributed by atoms with Crippen LogP contribution >= 0.6 is 11.8 Å². The number of rotatable bonds is 3. The van der Waals surface area contributed by atoms with Crippen molar-refractivity contribution in [1.29, 1.82) is 0 Å². The summed E-state index contributed by atoms with van der Waals surface area (Å²) in [4.78, 5) is 0. The first-order chi connectivity index (χ1) is 5.56. The normalized spacial score (nSPS) is 10.7. The molecule has 0 aliphatic rings. The highest BCUT2D eigenvalue weighted by Crippen LogP contribution is 2.30. The molecular formula is C8H11F3S. The summed E-state index contributed by atoms with van der Waals surface area (Å²) in [6, 6.07) is 0. The molecule has 0 nitrogen and oxygen atoms in total. The maximum Gasteiger partial charge on any atom is 0.441 e. The van der Waals surface area contributed by atoms with Gasteiger partial charge in [0.15, 0.2) is 0 Å². The van der Waals surface area contributed by atoms with E-state index in [0.29, 0.717) is 6.42 Å². The van der Waals surface area contributed by atoms with Crippen LogP contribution in [0.2, 0.25) is 0 Å². The minimum Gasteiger partial charge on any atom is -0.160 e. The zero-order chi connectivity index (χ0) is 9.45. The molecule has 0 aromatic heterocycles. The molecular weight excluding hydrogens is 185 g/mol. The molecule has 0 N–H and O–H groups in total. The van der Waals surface area contributed by atoms with Crippen molar-refractivity contribution in [2.75, 3.05) is 5.75 Å². The third kappa shape index (κ3) is 9.70. The summed E-state index contributed by atoms with van der Waals surface area (Å²) in [6.07, 6.45) is 2.06. The Morgan fingerprint density at radius 1 is 1.17 bits per heavy atom. The van der Waals surface area contributed by atoms with Crippen LogP contribution in [0.25, 0.3) is 0 Å². The lowest BCUT2D eigenvalue weighted by Gasteiger charge is -2.01. The van der Waals surface area contributed by atoms with Crippen LogP contribution in [0.15, 0.2) is 0 Å². The monoisotopic (exact) mass is 196 g/mol. The first-order valence-corrected chi connectivity index (χ1v) is 4.71. The van der Waals surface area contributed by atoms with Gasteiger partial charge in [-0.05, 0) is 6.42 Å². The van der Waals surface area contributed by atoms with E-state index in [1.807, 2.05) is 6.92 Å². The maximum absolute atomic E-state index is 11.5. The number of thioether (sulfide) groups is 1. The van der Waals surface area contributed by atoms with E-state index in [-0.39, 0.29) is 17.5 Å². The van der Waals surface area contributed by atoms with E-state index in [9.17, 15) is 13.2 Å². The quantitative estimate of drug-likeness (QED) is 0.492. The summed E-state index contributed by atoms with van der Waals surface area (Å²) in [7, 11) is 0. The van der Waals surface area contributed by atoms with Gasteiger partial charge in [0.05, 0.1) is 0 Å². The first-order valence-electron chi connectivity index (χ1n) is 3.72. The molecule has 0 bridgehead atoms. The SMILES string of the molecule is CCCC#CCCSC(F)(F)F. The van der Waals surface area contributed by atoms with Gasteiger partial charge in [-0.25, -0.2) is 0 Å². The Morgan fingerprint density at radius 3 is 2.25 bits per heavy atom. The van der Waals surface area contributed by atoms with E-state index < -0.39 is 5.51 Å². The van der Waals surface area contributed by atoms with E-state index >= 15 is 0 Å². The van der Waals surface area contributed by atoms with Gasteiger partial charge in [0.2, 0.25) is 0 Å². The van der Waals surface area contributed by atoms with Gasteiger partial charge in [0.1, 0.15) is 0 Å². The average molecular weight is 196 g/mol. The summed E-state index contributed by atoms with van der Waals surface area (Å²) >= 11 is -0.0109. The number of hydrogen-bond donors (Lipinski definition) is 0. The van der Waals surface area contributed by atoms with Crippen molar-refractivity contribution < 1.29 is 13.2 Å². The summed E-state index contributed by atoms with van der Waals surface area (Å²) in [6.45, 7) is 1.99. The van der Waals surface area contributed by atoms with Crippen LogP contribution in [-0.2, 0) is 0 Å². The molecule has 0 aromatic carbocycles. The van der Waals surface area contributed by atoms with Crippen molar-refractivity contribution in [2.24, 2.45) is 0 Å². The molecule has 70 valence electrons. The maximum atomic E-state index is 11.5. The molecule has 0 unspecified atom stereocenters. The van der Waals surface area contributed by atoms with Gasteiger partial charge in [-0.15, -0.1) is 11.8 Å². The predicted octanol–water partition coefficient (Wildman–Crippen LogP) is 3.43. The minimum atomic E-state index is -4.10. The molecule has 0 saturated carbocycles. The fourth-order valence-corrected chi connectivity index (χ4v) is 0.955. The molecule has 0 spiro atoms. The second-order valence-electron chi connectivity index (χ2n) is 2.15. The zero-order valence-corrected chi connectivity index (χ0v) is 7.69. The molecule has 0 fully saturated rings. The molecule has 0 aliphatic carbocycles. The molecule has 0 aliphatic heterocycles. The van der Waals surface area contributed by atoms with Crippen molar-refractivity contribution >= 4 is 11.8 Å². The summed E-state index contributed by atoms with van der Waals surface area (Å²) in [5, 5.41) is 0. The van der Waals surface area contributed by atoms with Crippen LogP contribution in [0.1, 0.15) is 26.2 Å². The van der Waals surface area contributed by atoms with Crippen molar-refractivity contribution in [3.63, 3.8) is 0 Å². The molecule has 0 heterocycles. The molecule has 0 radical (unpaired) electrons. The van der Waals surface area contributed by atoms with Crippen LogP contribution in [0, 0.1) is 11.8 Å². The predicted molar refractivity (Wildman–Crippen MR) is 45.8 cm³/mol. The van der Waals surface area contributed by atoms with Gasteiger partial charge in [0.25, 0.3) is 0 Å². The Morgan fingerprint density at radius 2 is 1.75 bits per heavy atom. The van der Waals surface area contributed by atoms with Gasteiger partial charge >= 0.3 is 5.51 Å². The summed E-state index contributed by atoms with van der Waals surface area (Å²) < 4.78 is 34.6. The fraction of sp³-hybridized carbons (Fsp3) is 0.750. The second-order valence-corrected chi connectivity index (χ2v) is 3.31. The Bertz CT molecular complexity index is 163. The number of unbranched alkanes of at least 4 members (excludes halogenated alkanes) is 1. The van der Waals surface area contributed by atoms with Crippen LogP contribution < -0.4 is 0 Å². The van der Waals surface area contributed by atoms with Crippen LogP contribution in [-0.4, -0.2) is 11.3 Å². The standard InChI is InChI=1S/C8H11F3S/c1-2-3-4-5-6-7-12-8(9,10)11/h2-3,6-7H2,1H3. The van der Waals surface area contributed by atoms with Gasteiger partial charge in [-0.2, -0.15) is 13.2 Å². The van der Waals surface area contributed by atoms with Gasteiger partial charge < -0.3 is 0 Å². The van der Waals surface area contributed by atoms with Crippen molar-refractivity contribution in [1.82, 2.24) is 0 Å². The van der Waals surface area contributed by atoms with E-state index in [1.54, 1.807) is 0 Å². The minimum absolute atomic E-state index is 0.0109. The number of alkyl halides is 3. The summed E-state index contributed by atoms with van der Waals surface area (Å²) in [5.41, 5.74) is -4.10. The van der Waals surface area contributed by atoms with Crippen molar-refractivity contribution in [3.8, 4) is 11.8 Å². The highest BCUT2D eigenvalue weighted by Gasteiger charge is 2.26. The van der Waals surface area contributed by atoms with E-state index in [2.05, 4.69) is 11.8 Å². The van der Waals surface area contributed by atoms with Crippen molar-refractivity contribution in [2.45, 2.75) is 31.7 Å². The van der Waals surface area contributed by atoms with Gasteiger partial charge in [0, 0.05) is 18.6 Å². The third-order valence-corrected chi connectivity index (χ3v) is 1.73. The smallest absolute Gasteiger partial charge is 0.160 e. The zero-order valence-electron chi connectivity index (χ0n) is 6.87. The molecule has 12 heavy (non-hydrogen) atoms. The lowest BCUT2D eigenvalue weighted by atomic mass is 10.3. The van der Waals surface area contributed by atoms with E-state index in [4.69, 9.17) is 0 Å². The van der Waals surface area contributed by atoms with Crippen LogP contribution in [0.4, 0.5) is 13.2 Å². The van der Waals surface area contributed by atoms with Gasteiger partial charge in [-0.3, -0.25) is 0 Å². The molecule has 0 atom stereocenters. The van der Waals surface area contributed by atoms with Crippen LogP contribution in [0.3, 0.4) is 0 Å². The number of hydrogen-bond acceptors (Lipinski definition) is 1. The third-order valence-electron chi connectivity index (χ3n) is 0.993. The Balaban J connectivity index is 3.29. The average Bonchev–Trinajstić information content (AvgIpc) is 1.94. The van der Waals surface area contributed by atoms with Crippen LogP contribution in [0.5, 0.6) is 0 Å². The largest absolute Gasteiger partial charge is 0.441 e. The highest BCUT2D eigenvalue weighted by atomic mass is 32.2. The highest BCUT2D eigenvalue weighted by molar-refractivity contribution is 8.00. The molecule has 4 heteroatoms. The summed E-state index contributed by atoms with van der Waals surface area (Å²) in [5.74, 6) is 5.52. The van der Waals surface area contributed by atoms with Crippen molar-refractivity contribution in [3.05, 3.63) is 0 Å². The number of halogens is 3. The first kappa shape index (κ1) is 11.7. The Hall–Kier alpha value is -0.300. The van der Waals surface area contributed by atoms with Gasteiger partial charge in [-0.1, -0.05) is 18.7 Å². The Kier molecular flexibility index (Phi) is 6.09. The lowest BCUT2D eigenvalue weighted by Crippen LogP contribution is -2.00. The molecule has 0 rings (SSSR count). The lowest BCUT2D eigenvalue weighted by molar-refractivity contribution is -0.0327. The second kappa shape index (κ2) is 6.24. The van der Waals surface area contributed by atoms with E-state index in [1.165, 1.54) is 0 Å². The molecule has 0 aromatic rings. The topological polar surface area (TPSA) is 0 Å².